The first-order chi connectivity index (χ1) is 9.25. The van der Waals surface area contributed by atoms with Gasteiger partial charge in [0.25, 0.3) is 5.91 Å². The fourth-order valence-corrected chi connectivity index (χ4v) is 2.05. The second-order valence-electron chi connectivity index (χ2n) is 4.13. The van der Waals surface area contributed by atoms with Crippen LogP contribution >= 0.6 is 15.9 Å². The molecule has 0 aliphatic rings. The lowest BCUT2D eigenvalue weighted by molar-refractivity contribution is 0.0952. The highest BCUT2D eigenvalue weighted by Gasteiger charge is 2.04. The molecule has 0 aromatic carbocycles. The third-order valence-electron chi connectivity index (χ3n) is 2.68. The number of hydrogen-bond acceptors (Lipinski definition) is 3. The third kappa shape index (κ3) is 4.48. The topological polar surface area (TPSA) is 59.8 Å². The summed E-state index contributed by atoms with van der Waals surface area (Å²) < 4.78 is 2.70. The van der Waals surface area contributed by atoms with Crippen molar-refractivity contribution in [2.45, 2.75) is 19.4 Å². The molecule has 19 heavy (non-hydrogen) atoms. The maximum atomic E-state index is 11.8. The number of amides is 1. The lowest BCUT2D eigenvalue weighted by atomic mass is 10.2. The molecule has 0 bridgehead atoms. The molecule has 0 radical (unpaired) electrons. The second kappa shape index (κ2) is 7.04. The van der Waals surface area contributed by atoms with Crippen LogP contribution in [0.25, 0.3) is 0 Å². The predicted molar refractivity (Wildman–Crippen MR) is 75.7 cm³/mol. The van der Waals surface area contributed by atoms with Crippen LogP contribution in [0.2, 0.25) is 0 Å². The molecule has 0 fully saturated rings. The predicted octanol–water partition coefficient (Wildman–Crippen LogP) is 2.25. The van der Waals surface area contributed by atoms with Crippen LogP contribution in [0.15, 0.2) is 41.7 Å². The Kier molecular flexibility index (Phi) is 5.09. The molecule has 6 heteroatoms. The van der Waals surface area contributed by atoms with Gasteiger partial charge in [0.05, 0.1) is 6.33 Å². The SMILES string of the molecule is O=C(NCCCCn1ccnc1)c1ccnc(Br)c1. The third-order valence-corrected chi connectivity index (χ3v) is 3.11. The molecule has 0 unspecified atom stereocenters. The molecule has 0 saturated heterocycles. The van der Waals surface area contributed by atoms with Gasteiger partial charge in [0.2, 0.25) is 0 Å². The molecule has 1 N–H and O–H groups in total. The summed E-state index contributed by atoms with van der Waals surface area (Å²) in [5.74, 6) is -0.0641. The van der Waals surface area contributed by atoms with E-state index >= 15 is 0 Å². The number of carbonyl (C=O) groups excluding carboxylic acids is 1. The highest BCUT2D eigenvalue weighted by Crippen LogP contribution is 2.07. The Morgan fingerprint density at radius 2 is 2.26 bits per heavy atom. The summed E-state index contributed by atoms with van der Waals surface area (Å²) in [6.07, 6.45) is 9.06. The van der Waals surface area contributed by atoms with Crippen LogP contribution in [0.5, 0.6) is 0 Å². The van der Waals surface area contributed by atoms with E-state index in [9.17, 15) is 4.79 Å². The van der Waals surface area contributed by atoms with E-state index in [1.807, 2.05) is 10.8 Å². The van der Waals surface area contributed by atoms with Gasteiger partial charge in [-0.25, -0.2) is 9.97 Å². The van der Waals surface area contributed by atoms with E-state index < -0.39 is 0 Å². The Hall–Kier alpha value is -1.69. The van der Waals surface area contributed by atoms with Crippen LogP contribution in [0.1, 0.15) is 23.2 Å². The zero-order valence-electron chi connectivity index (χ0n) is 10.4. The number of aromatic nitrogens is 3. The van der Waals surface area contributed by atoms with Crippen LogP contribution in [-0.2, 0) is 6.54 Å². The molecule has 5 nitrogen and oxygen atoms in total. The first-order valence-corrected chi connectivity index (χ1v) is 6.90. The van der Waals surface area contributed by atoms with Crippen molar-refractivity contribution in [2.75, 3.05) is 6.54 Å². The smallest absolute Gasteiger partial charge is 0.251 e. The van der Waals surface area contributed by atoms with Crippen LogP contribution in [-0.4, -0.2) is 27.0 Å². The summed E-state index contributed by atoms with van der Waals surface area (Å²) in [4.78, 5) is 19.8. The average molecular weight is 323 g/mol. The molecule has 2 aromatic heterocycles. The quantitative estimate of drug-likeness (QED) is 0.655. The highest BCUT2D eigenvalue weighted by molar-refractivity contribution is 9.10. The van der Waals surface area contributed by atoms with Crippen molar-refractivity contribution in [3.05, 3.63) is 47.2 Å². The van der Waals surface area contributed by atoms with Gasteiger partial charge < -0.3 is 9.88 Å². The zero-order valence-corrected chi connectivity index (χ0v) is 12.0. The van der Waals surface area contributed by atoms with Gasteiger partial charge in [-0.05, 0) is 40.9 Å². The minimum absolute atomic E-state index is 0.0641. The highest BCUT2D eigenvalue weighted by atomic mass is 79.9. The number of halogens is 1. The fraction of sp³-hybridized carbons (Fsp3) is 0.308. The van der Waals surface area contributed by atoms with Crippen LogP contribution in [0.3, 0.4) is 0 Å². The van der Waals surface area contributed by atoms with Gasteiger partial charge in [-0.1, -0.05) is 0 Å². The number of nitrogens with zero attached hydrogens (tertiary/aromatic N) is 3. The van der Waals surface area contributed by atoms with Gasteiger partial charge in [0.1, 0.15) is 4.60 Å². The number of pyridine rings is 1. The first-order valence-electron chi connectivity index (χ1n) is 6.11. The Balaban J connectivity index is 1.67. The Bertz CT molecular complexity index is 527. The summed E-state index contributed by atoms with van der Waals surface area (Å²) >= 11 is 3.25. The van der Waals surface area contributed by atoms with Gasteiger partial charge in [-0.15, -0.1) is 0 Å². The molecule has 2 aromatic rings. The van der Waals surface area contributed by atoms with Gasteiger partial charge in [-0.3, -0.25) is 4.79 Å². The molecule has 0 aliphatic heterocycles. The lowest BCUT2D eigenvalue weighted by Gasteiger charge is -2.05. The summed E-state index contributed by atoms with van der Waals surface area (Å²) in [7, 11) is 0. The molecule has 0 saturated carbocycles. The Labute approximate surface area is 120 Å². The fourth-order valence-electron chi connectivity index (χ4n) is 1.69. The Morgan fingerprint density at radius 3 is 3.00 bits per heavy atom. The van der Waals surface area contributed by atoms with Crippen LogP contribution in [0, 0.1) is 0 Å². The zero-order chi connectivity index (χ0) is 13.5. The van der Waals surface area contributed by atoms with Crippen molar-refractivity contribution < 1.29 is 4.79 Å². The van der Waals surface area contributed by atoms with Crippen molar-refractivity contribution >= 4 is 21.8 Å². The maximum Gasteiger partial charge on any atom is 0.251 e. The molecular formula is C13H15BrN4O. The summed E-state index contributed by atoms with van der Waals surface area (Å²) in [5.41, 5.74) is 0.622. The minimum Gasteiger partial charge on any atom is -0.352 e. The van der Waals surface area contributed by atoms with E-state index in [2.05, 4.69) is 31.2 Å². The van der Waals surface area contributed by atoms with Crippen LogP contribution in [0.4, 0.5) is 0 Å². The van der Waals surface area contributed by atoms with E-state index in [-0.39, 0.29) is 5.91 Å². The first kappa shape index (κ1) is 13.7. The summed E-state index contributed by atoms with van der Waals surface area (Å²) in [6.45, 7) is 1.60. The van der Waals surface area contributed by atoms with Crippen molar-refractivity contribution in [3.8, 4) is 0 Å². The number of unbranched alkanes of at least 4 members (excludes halogenated alkanes) is 1. The van der Waals surface area contributed by atoms with Gasteiger partial charge in [0, 0.05) is 37.2 Å². The molecule has 100 valence electrons. The summed E-state index contributed by atoms with van der Waals surface area (Å²) in [5, 5.41) is 2.89. The number of carbonyl (C=O) groups is 1. The van der Waals surface area contributed by atoms with E-state index in [0.29, 0.717) is 16.7 Å². The molecule has 2 rings (SSSR count). The number of imidazole rings is 1. The minimum atomic E-state index is -0.0641. The van der Waals surface area contributed by atoms with Crippen molar-refractivity contribution in [3.63, 3.8) is 0 Å². The van der Waals surface area contributed by atoms with Crippen molar-refractivity contribution in [1.29, 1.82) is 0 Å². The molecule has 1 amide bonds. The average Bonchev–Trinajstić information content (AvgIpc) is 2.91. The van der Waals surface area contributed by atoms with E-state index in [1.54, 1.807) is 30.9 Å². The number of rotatable bonds is 6. The standard InChI is InChI=1S/C13H15BrN4O/c14-12-9-11(3-5-16-12)13(19)17-4-1-2-7-18-8-6-15-10-18/h3,5-6,8-10H,1-2,4,7H2,(H,17,19). The molecule has 0 aliphatic carbocycles. The maximum absolute atomic E-state index is 11.8. The van der Waals surface area contributed by atoms with Gasteiger partial charge in [-0.2, -0.15) is 0 Å². The van der Waals surface area contributed by atoms with Crippen molar-refractivity contribution in [2.24, 2.45) is 0 Å². The van der Waals surface area contributed by atoms with E-state index in [1.165, 1.54) is 0 Å². The lowest BCUT2D eigenvalue weighted by Crippen LogP contribution is -2.24. The molecule has 0 atom stereocenters. The normalized spacial score (nSPS) is 10.4. The van der Waals surface area contributed by atoms with E-state index in [0.717, 1.165) is 19.4 Å². The monoisotopic (exact) mass is 322 g/mol. The molecular weight excluding hydrogens is 308 g/mol. The largest absolute Gasteiger partial charge is 0.352 e. The Morgan fingerprint density at radius 1 is 1.37 bits per heavy atom. The number of aryl methyl sites for hydroxylation is 1. The van der Waals surface area contributed by atoms with E-state index in [4.69, 9.17) is 0 Å². The summed E-state index contributed by atoms with van der Waals surface area (Å²) in [6, 6.07) is 3.41. The number of hydrogen-bond donors (Lipinski definition) is 1. The van der Waals surface area contributed by atoms with Gasteiger partial charge >= 0.3 is 0 Å². The van der Waals surface area contributed by atoms with Gasteiger partial charge in [0.15, 0.2) is 0 Å². The van der Waals surface area contributed by atoms with Crippen molar-refractivity contribution in [1.82, 2.24) is 19.9 Å². The molecule has 0 spiro atoms. The van der Waals surface area contributed by atoms with Crippen LogP contribution < -0.4 is 5.32 Å². The number of nitrogens with one attached hydrogen (secondary N) is 1. The molecule has 2 heterocycles. The second-order valence-corrected chi connectivity index (χ2v) is 4.94.